The standard InChI is InChI=1S/C20H22ClF3N2O/c1-2-27-16-6-3-14(4-7-16)19(26-11-9-25-10-12-26)15-5-8-18(21)17(13-15)20(22,23)24/h3-8,13,19,25H,2,9-12H2,1H3. The summed E-state index contributed by atoms with van der Waals surface area (Å²) in [5, 5.41) is 3.00. The van der Waals surface area contributed by atoms with Crippen molar-refractivity contribution in [3.63, 3.8) is 0 Å². The van der Waals surface area contributed by atoms with E-state index >= 15 is 0 Å². The third kappa shape index (κ3) is 4.75. The molecule has 27 heavy (non-hydrogen) atoms. The molecule has 0 radical (unpaired) electrons. The number of rotatable bonds is 5. The van der Waals surface area contributed by atoms with Crippen molar-refractivity contribution in [2.24, 2.45) is 0 Å². The molecule has 0 spiro atoms. The molecule has 1 aliphatic heterocycles. The topological polar surface area (TPSA) is 24.5 Å². The highest BCUT2D eigenvalue weighted by Gasteiger charge is 2.35. The molecule has 3 rings (SSSR count). The SMILES string of the molecule is CCOc1ccc(C(c2ccc(Cl)c(C(F)(F)F)c2)N2CCNCC2)cc1. The average molecular weight is 399 g/mol. The van der Waals surface area contributed by atoms with Crippen LogP contribution in [0.15, 0.2) is 42.5 Å². The molecule has 1 aliphatic rings. The number of piperazine rings is 1. The maximum atomic E-state index is 13.3. The first-order valence-corrected chi connectivity index (χ1v) is 9.32. The van der Waals surface area contributed by atoms with Gasteiger partial charge in [0.25, 0.3) is 0 Å². The molecule has 0 aromatic heterocycles. The van der Waals surface area contributed by atoms with Gasteiger partial charge in [0, 0.05) is 26.2 Å². The Morgan fingerprint density at radius 2 is 1.70 bits per heavy atom. The van der Waals surface area contributed by atoms with Crippen LogP contribution in [0.2, 0.25) is 5.02 Å². The van der Waals surface area contributed by atoms with Crippen LogP contribution >= 0.6 is 11.6 Å². The van der Waals surface area contributed by atoms with Gasteiger partial charge in [-0.05, 0) is 42.3 Å². The third-order valence-corrected chi connectivity index (χ3v) is 4.96. The van der Waals surface area contributed by atoms with Crippen molar-refractivity contribution in [3.8, 4) is 5.75 Å². The lowest BCUT2D eigenvalue weighted by Crippen LogP contribution is -2.45. The maximum absolute atomic E-state index is 13.3. The van der Waals surface area contributed by atoms with E-state index in [0.717, 1.165) is 37.5 Å². The van der Waals surface area contributed by atoms with Crippen molar-refractivity contribution >= 4 is 11.6 Å². The van der Waals surface area contributed by atoms with E-state index in [1.165, 1.54) is 12.1 Å². The van der Waals surface area contributed by atoms with Gasteiger partial charge >= 0.3 is 6.18 Å². The smallest absolute Gasteiger partial charge is 0.417 e. The molecule has 0 bridgehead atoms. The van der Waals surface area contributed by atoms with Gasteiger partial charge in [-0.25, -0.2) is 0 Å². The molecule has 1 heterocycles. The van der Waals surface area contributed by atoms with E-state index in [-0.39, 0.29) is 11.1 Å². The molecule has 3 nitrogen and oxygen atoms in total. The Hall–Kier alpha value is -1.76. The molecule has 1 unspecified atom stereocenters. The highest BCUT2D eigenvalue weighted by Crippen LogP contribution is 2.38. The van der Waals surface area contributed by atoms with Crippen molar-refractivity contribution in [1.82, 2.24) is 10.2 Å². The van der Waals surface area contributed by atoms with Crippen LogP contribution in [0.1, 0.15) is 29.7 Å². The second kappa shape index (κ2) is 8.50. The van der Waals surface area contributed by atoms with Crippen LogP contribution in [0.4, 0.5) is 13.2 Å². The summed E-state index contributed by atoms with van der Waals surface area (Å²) in [4.78, 5) is 2.19. The second-order valence-electron chi connectivity index (χ2n) is 6.43. The van der Waals surface area contributed by atoms with Crippen molar-refractivity contribution in [2.75, 3.05) is 32.8 Å². The van der Waals surface area contributed by atoms with Gasteiger partial charge < -0.3 is 10.1 Å². The quantitative estimate of drug-likeness (QED) is 0.786. The number of nitrogens with one attached hydrogen (secondary N) is 1. The molecule has 0 saturated carbocycles. The van der Waals surface area contributed by atoms with Crippen molar-refractivity contribution < 1.29 is 17.9 Å². The molecule has 1 saturated heterocycles. The van der Waals surface area contributed by atoms with Crippen molar-refractivity contribution in [1.29, 1.82) is 0 Å². The number of alkyl halides is 3. The van der Waals surface area contributed by atoms with Gasteiger partial charge in [0.1, 0.15) is 5.75 Å². The summed E-state index contributed by atoms with van der Waals surface area (Å²) >= 11 is 5.81. The Labute approximate surface area is 162 Å². The Bertz CT molecular complexity index is 759. The average Bonchev–Trinajstić information content (AvgIpc) is 2.65. The highest BCUT2D eigenvalue weighted by atomic mass is 35.5. The predicted molar refractivity (Wildman–Crippen MR) is 100 cm³/mol. The zero-order valence-corrected chi connectivity index (χ0v) is 15.8. The van der Waals surface area contributed by atoms with Crippen LogP contribution in [-0.2, 0) is 6.18 Å². The molecule has 2 aromatic rings. The lowest BCUT2D eigenvalue weighted by atomic mass is 9.94. The largest absolute Gasteiger partial charge is 0.494 e. The van der Waals surface area contributed by atoms with E-state index in [4.69, 9.17) is 16.3 Å². The first kappa shape index (κ1) is 20.0. The number of hydrogen-bond donors (Lipinski definition) is 1. The summed E-state index contributed by atoms with van der Waals surface area (Å²) in [7, 11) is 0. The lowest BCUT2D eigenvalue weighted by molar-refractivity contribution is -0.137. The van der Waals surface area contributed by atoms with E-state index in [2.05, 4.69) is 10.2 Å². The lowest BCUT2D eigenvalue weighted by Gasteiger charge is -2.36. The monoisotopic (exact) mass is 398 g/mol. The van der Waals surface area contributed by atoms with Gasteiger partial charge in [-0.15, -0.1) is 0 Å². The summed E-state index contributed by atoms with van der Waals surface area (Å²) < 4.78 is 45.5. The molecule has 1 fully saturated rings. The van der Waals surface area contributed by atoms with Crippen LogP contribution in [0.25, 0.3) is 0 Å². The van der Waals surface area contributed by atoms with Gasteiger partial charge in [0.15, 0.2) is 0 Å². The van der Waals surface area contributed by atoms with Gasteiger partial charge in [-0.2, -0.15) is 13.2 Å². The Morgan fingerprint density at radius 3 is 2.30 bits per heavy atom. The minimum atomic E-state index is -4.49. The molecule has 1 N–H and O–H groups in total. The van der Waals surface area contributed by atoms with E-state index in [9.17, 15) is 13.2 Å². The van der Waals surface area contributed by atoms with E-state index in [1.54, 1.807) is 6.07 Å². The number of ether oxygens (including phenoxy) is 1. The fourth-order valence-electron chi connectivity index (χ4n) is 3.40. The van der Waals surface area contributed by atoms with Crippen LogP contribution in [0.5, 0.6) is 5.75 Å². The number of halogens is 4. The summed E-state index contributed by atoms with van der Waals surface area (Å²) in [6.07, 6.45) is -4.49. The molecule has 7 heteroatoms. The molecule has 0 aliphatic carbocycles. The minimum absolute atomic E-state index is 0.277. The van der Waals surface area contributed by atoms with E-state index < -0.39 is 11.7 Å². The first-order chi connectivity index (χ1) is 12.9. The fraction of sp³-hybridized carbons (Fsp3) is 0.400. The van der Waals surface area contributed by atoms with E-state index in [0.29, 0.717) is 12.2 Å². The molecule has 2 aromatic carbocycles. The van der Waals surface area contributed by atoms with Crippen LogP contribution in [-0.4, -0.2) is 37.7 Å². The zero-order chi connectivity index (χ0) is 19.4. The summed E-state index contributed by atoms with van der Waals surface area (Å²) in [6.45, 7) is 5.57. The number of nitrogens with zero attached hydrogens (tertiary/aromatic N) is 1. The number of benzene rings is 2. The summed E-state index contributed by atoms with van der Waals surface area (Å²) in [5.41, 5.74) is 0.710. The minimum Gasteiger partial charge on any atom is -0.494 e. The van der Waals surface area contributed by atoms with E-state index in [1.807, 2.05) is 31.2 Å². The third-order valence-electron chi connectivity index (χ3n) is 4.64. The first-order valence-electron chi connectivity index (χ1n) is 8.94. The van der Waals surface area contributed by atoms with Crippen molar-refractivity contribution in [3.05, 3.63) is 64.2 Å². The molecule has 1 atom stereocenters. The van der Waals surface area contributed by atoms with Gasteiger partial charge in [0.05, 0.1) is 23.2 Å². The Morgan fingerprint density at radius 1 is 1.07 bits per heavy atom. The Balaban J connectivity index is 2.02. The van der Waals surface area contributed by atoms with Gasteiger partial charge in [0.2, 0.25) is 0 Å². The van der Waals surface area contributed by atoms with Crippen LogP contribution in [0.3, 0.4) is 0 Å². The predicted octanol–water partition coefficient (Wildman–Crippen LogP) is 4.75. The summed E-state index contributed by atoms with van der Waals surface area (Å²) in [6, 6.07) is 11.5. The molecular weight excluding hydrogens is 377 g/mol. The van der Waals surface area contributed by atoms with Crippen LogP contribution in [0, 0.1) is 0 Å². The zero-order valence-electron chi connectivity index (χ0n) is 15.0. The molecule has 0 amide bonds. The second-order valence-corrected chi connectivity index (χ2v) is 6.83. The maximum Gasteiger partial charge on any atom is 0.417 e. The molecular formula is C20H22ClF3N2O. The number of hydrogen-bond acceptors (Lipinski definition) is 3. The van der Waals surface area contributed by atoms with Crippen molar-refractivity contribution in [2.45, 2.75) is 19.1 Å². The van der Waals surface area contributed by atoms with Crippen LogP contribution < -0.4 is 10.1 Å². The summed E-state index contributed by atoms with van der Waals surface area (Å²) in [5.74, 6) is 0.743. The fourth-order valence-corrected chi connectivity index (χ4v) is 3.62. The molecule has 146 valence electrons. The normalized spacial score (nSPS) is 16.9. The van der Waals surface area contributed by atoms with Gasteiger partial charge in [-0.1, -0.05) is 29.8 Å². The van der Waals surface area contributed by atoms with Gasteiger partial charge in [-0.3, -0.25) is 4.90 Å². The highest BCUT2D eigenvalue weighted by molar-refractivity contribution is 6.31. The Kier molecular flexibility index (Phi) is 6.29.